The fourth-order valence-electron chi connectivity index (χ4n) is 1.52. The number of nitrogens with zero attached hydrogens (tertiary/aromatic N) is 1. The molecule has 5 nitrogen and oxygen atoms in total. The molecule has 0 amide bonds. The SMILES string of the molecule is N#Cc1cccc(S(=O)(=O)Nc2ccc(Cl)c(O)c2)c1. The number of halogens is 1. The first-order chi connectivity index (χ1) is 9.42. The maximum absolute atomic E-state index is 12.1. The molecule has 0 aromatic heterocycles. The van der Waals surface area contributed by atoms with Crippen LogP contribution < -0.4 is 4.72 Å². The maximum atomic E-state index is 12.1. The van der Waals surface area contributed by atoms with Gasteiger partial charge >= 0.3 is 0 Å². The first-order valence-corrected chi connectivity index (χ1v) is 7.30. The van der Waals surface area contributed by atoms with Gasteiger partial charge in [0, 0.05) is 6.07 Å². The first-order valence-electron chi connectivity index (χ1n) is 5.44. The maximum Gasteiger partial charge on any atom is 0.261 e. The van der Waals surface area contributed by atoms with E-state index >= 15 is 0 Å². The molecule has 0 saturated heterocycles. The lowest BCUT2D eigenvalue weighted by atomic mass is 10.2. The van der Waals surface area contributed by atoms with E-state index in [1.54, 1.807) is 0 Å². The molecule has 2 aromatic rings. The summed E-state index contributed by atoms with van der Waals surface area (Å²) in [4.78, 5) is -0.0361. The summed E-state index contributed by atoms with van der Waals surface area (Å²) in [5.41, 5.74) is 0.418. The minimum atomic E-state index is -3.83. The standard InChI is InChI=1S/C13H9ClN2O3S/c14-12-5-4-10(7-13(12)17)16-20(18,19)11-3-1-2-9(6-11)8-15/h1-7,16-17H. The number of anilines is 1. The summed E-state index contributed by atoms with van der Waals surface area (Å²) >= 11 is 5.65. The van der Waals surface area contributed by atoms with Crippen LogP contribution in [0.1, 0.15) is 5.56 Å². The van der Waals surface area contributed by atoms with Gasteiger partial charge in [-0.15, -0.1) is 0 Å². The molecule has 7 heteroatoms. The number of benzene rings is 2. The Balaban J connectivity index is 2.35. The molecule has 102 valence electrons. The lowest BCUT2D eigenvalue weighted by Crippen LogP contribution is -2.13. The number of phenolic OH excluding ortho intramolecular Hbond substituents is 1. The fraction of sp³-hybridized carbons (Fsp3) is 0. The van der Waals surface area contributed by atoms with E-state index in [-0.39, 0.29) is 26.9 Å². The summed E-state index contributed by atoms with van der Waals surface area (Å²) in [5, 5.41) is 18.3. The first kappa shape index (κ1) is 14.2. The quantitative estimate of drug-likeness (QED) is 0.912. The third kappa shape index (κ3) is 3.02. The van der Waals surface area contributed by atoms with E-state index in [9.17, 15) is 13.5 Å². The minimum absolute atomic E-state index is 0.0361. The number of hydrogen-bond donors (Lipinski definition) is 2. The van der Waals surface area contributed by atoms with E-state index in [1.807, 2.05) is 6.07 Å². The van der Waals surface area contributed by atoms with Crippen molar-refractivity contribution >= 4 is 27.3 Å². The molecular weight excluding hydrogens is 300 g/mol. The van der Waals surface area contributed by atoms with Gasteiger partial charge in [0.25, 0.3) is 10.0 Å². The molecule has 0 aliphatic rings. The van der Waals surface area contributed by atoms with Crippen LogP contribution in [-0.4, -0.2) is 13.5 Å². The van der Waals surface area contributed by atoms with Gasteiger partial charge in [0.05, 0.1) is 27.2 Å². The molecule has 0 unspecified atom stereocenters. The molecule has 0 radical (unpaired) electrons. The molecule has 2 rings (SSSR count). The topological polar surface area (TPSA) is 90.2 Å². The monoisotopic (exact) mass is 308 g/mol. The van der Waals surface area contributed by atoms with Crippen molar-refractivity contribution in [2.75, 3.05) is 4.72 Å². The minimum Gasteiger partial charge on any atom is -0.506 e. The zero-order valence-electron chi connectivity index (χ0n) is 10.0. The van der Waals surface area contributed by atoms with Gasteiger partial charge in [0.15, 0.2) is 0 Å². The lowest BCUT2D eigenvalue weighted by molar-refractivity contribution is 0.476. The Morgan fingerprint density at radius 2 is 1.95 bits per heavy atom. The molecular formula is C13H9ClN2O3S. The van der Waals surface area contributed by atoms with E-state index < -0.39 is 10.0 Å². The van der Waals surface area contributed by atoms with Gasteiger partial charge in [-0.25, -0.2) is 8.42 Å². The van der Waals surface area contributed by atoms with Gasteiger partial charge in [-0.05, 0) is 30.3 Å². The smallest absolute Gasteiger partial charge is 0.261 e. The molecule has 0 spiro atoms. The summed E-state index contributed by atoms with van der Waals surface area (Å²) in [6, 6.07) is 11.5. The molecule has 20 heavy (non-hydrogen) atoms. The highest BCUT2D eigenvalue weighted by atomic mass is 35.5. The van der Waals surface area contributed by atoms with E-state index in [0.29, 0.717) is 0 Å². The second kappa shape index (κ2) is 5.41. The fourth-order valence-corrected chi connectivity index (χ4v) is 2.74. The summed E-state index contributed by atoms with van der Waals surface area (Å²) in [5.74, 6) is -0.224. The second-order valence-corrected chi connectivity index (χ2v) is 6.00. The van der Waals surface area contributed by atoms with Crippen molar-refractivity contribution in [3.63, 3.8) is 0 Å². The number of rotatable bonds is 3. The summed E-state index contributed by atoms with van der Waals surface area (Å²) < 4.78 is 26.6. The van der Waals surface area contributed by atoms with Crippen LogP contribution in [0.25, 0.3) is 0 Å². The third-order valence-corrected chi connectivity index (χ3v) is 4.17. The average Bonchev–Trinajstić information content (AvgIpc) is 2.43. The molecule has 0 fully saturated rings. The van der Waals surface area contributed by atoms with E-state index in [2.05, 4.69) is 4.72 Å². The van der Waals surface area contributed by atoms with Crippen molar-refractivity contribution in [1.29, 1.82) is 5.26 Å². The Hall–Kier alpha value is -2.23. The normalized spacial score (nSPS) is 10.8. The lowest BCUT2D eigenvalue weighted by Gasteiger charge is -2.09. The van der Waals surface area contributed by atoms with Crippen LogP contribution in [0.3, 0.4) is 0 Å². The van der Waals surface area contributed by atoms with Crippen LogP contribution in [0.15, 0.2) is 47.4 Å². The Labute approximate surface area is 121 Å². The summed E-state index contributed by atoms with van der Waals surface area (Å²) in [6.07, 6.45) is 0. The van der Waals surface area contributed by atoms with E-state index in [1.165, 1.54) is 42.5 Å². The summed E-state index contributed by atoms with van der Waals surface area (Å²) in [7, 11) is -3.83. The molecule has 0 atom stereocenters. The number of hydrogen-bond acceptors (Lipinski definition) is 4. The Bertz CT molecular complexity index is 798. The van der Waals surface area contributed by atoms with Crippen molar-refractivity contribution in [3.8, 4) is 11.8 Å². The Kier molecular flexibility index (Phi) is 3.84. The van der Waals surface area contributed by atoms with Gasteiger partial charge < -0.3 is 5.11 Å². The van der Waals surface area contributed by atoms with Crippen LogP contribution in [-0.2, 0) is 10.0 Å². The highest BCUT2D eigenvalue weighted by Crippen LogP contribution is 2.27. The predicted octanol–water partition coefficient (Wildman–Crippen LogP) is 2.72. The number of sulfonamides is 1. The van der Waals surface area contributed by atoms with Crippen molar-refractivity contribution in [1.82, 2.24) is 0 Å². The average molecular weight is 309 g/mol. The van der Waals surface area contributed by atoms with E-state index in [4.69, 9.17) is 16.9 Å². The molecule has 2 aromatic carbocycles. The van der Waals surface area contributed by atoms with Gasteiger partial charge in [-0.3, -0.25) is 4.72 Å². The van der Waals surface area contributed by atoms with Crippen molar-refractivity contribution in [2.24, 2.45) is 0 Å². The van der Waals surface area contributed by atoms with Crippen LogP contribution in [0.2, 0.25) is 5.02 Å². The van der Waals surface area contributed by atoms with E-state index in [0.717, 1.165) is 0 Å². The van der Waals surface area contributed by atoms with Gasteiger partial charge in [-0.2, -0.15) is 5.26 Å². The van der Waals surface area contributed by atoms with Crippen LogP contribution in [0.5, 0.6) is 5.75 Å². The highest BCUT2D eigenvalue weighted by molar-refractivity contribution is 7.92. The molecule has 2 N–H and O–H groups in total. The van der Waals surface area contributed by atoms with Crippen LogP contribution in [0.4, 0.5) is 5.69 Å². The van der Waals surface area contributed by atoms with Crippen LogP contribution >= 0.6 is 11.6 Å². The Morgan fingerprint density at radius 3 is 2.60 bits per heavy atom. The van der Waals surface area contributed by atoms with Crippen molar-refractivity contribution in [3.05, 3.63) is 53.1 Å². The largest absolute Gasteiger partial charge is 0.506 e. The van der Waals surface area contributed by atoms with Crippen molar-refractivity contribution < 1.29 is 13.5 Å². The predicted molar refractivity (Wildman–Crippen MR) is 75.1 cm³/mol. The second-order valence-electron chi connectivity index (χ2n) is 3.91. The van der Waals surface area contributed by atoms with Crippen LogP contribution in [0, 0.1) is 11.3 Å². The van der Waals surface area contributed by atoms with Crippen molar-refractivity contribution in [2.45, 2.75) is 4.90 Å². The number of aromatic hydroxyl groups is 1. The Morgan fingerprint density at radius 1 is 1.20 bits per heavy atom. The number of nitrogens with one attached hydrogen (secondary N) is 1. The number of phenols is 1. The van der Waals surface area contributed by atoms with Gasteiger partial charge in [0.2, 0.25) is 0 Å². The zero-order chi connectivity index (χ0) is 14.8. The van der Waals surface area contributed by atoms with Gasteiger partial charge in [0.1, 0.15) is 5.75 Å². The zero-order valence-corrected chi connectivity index (χ0v) is 11.6. The third-order valence-electron chi connectivity index (χ3n) is 2.47. The summed E-state index contributed by atoms with van der Waals surface area (Å²) in [6.45, 7) is 0. The molecule has 0 aliphatic heterocycles. The molecule has 0 heterocycles. The van der Waals surface area contributed by atoms with Gasteiger partial charge in [-0.1, -0.05) is 17.7 Å². The molecule has 0 saturated carbocycles. The number of nitriles is 1. The highest BCUT2D eigenvalue weighted by Gasteiger charge is 2.15. The molecule has 0 bridgehead atoms. The molecule has 0 aliphatic carbocycles.